The van der Waals surface area contributed by atoms with Crippen LogP contribution in [0.3, 0.4) is 0 Å². The van der Waals surface area contributed by atoms with Gasteiger partial charge in [-0.15, -0.1) is 0 Å². The number of ether oxygens (including phenoxy) is 3. The van der Waals surface area contributed by atoms with Crippen molar-refractivity contribution in [3.63, 3.8) is 0 Å². The molecule has 8 heteroatoms. The molecule has 2 aliphatic rings. The van der Waals surface area contributed by atoms with Gasteiger partial charge in [0.15, 0.2) is 16.6 Å². The first-order valence-corrected chi connectivity index (χ1v) is 12.6. The lowest BCUT2D eigenvalue weighted by atomic mass is 9.96. The van der Waals surface area contributed by atoms with E-state index in [9.17, 15) is 4.79 Å². The van der Waals surface area contributed by atoms with E-state index in [4.69, 9.17) is 26.4 Å². The van der Waals surface area contributed by atoms with Gasteiger partial charge in [-0.25, -0.2) is 0 Å². The molecule has 1 aliphatic heterocycles. The number of nitrogens with zero attached hydrogens (tertiary/aromatic N) is 1. The van der Waals surface area contributed by atoms with Crippen LogP contribution >= 0.6 is 12.2 Å². The summed E-state index contributed by atoms with van der Waals surface area (Å²) in [5.41, 5.74) is 2.34. The Bertz CT molecular complexity index is 1250. The number of aromatic nitrogens is 1. The maximum Gasteiger partial charge on any atom is 0.253 e. The highest BCUT2D eigenvalue weighted by atomic mass is 32.1. The van der Waals surface area contributed by atoms with Crippen molar-refractivity contribution in [2.24, 2.45) is 0 Å². The molecule has 5 rings (SSSR count). The number of hydrogen-bond acceptors (Lipinski definition) is 5. The van der Waals surface area contributed by atoms with Crippen molar-refractivity contribution >= 4 is 28.2 Å². The molecule has 1 aromatic heterocycles. The minimum Gasteiger partial charge on any atom is -0.497 e. The molecule has 2 aromatic carbocycles. The van der Waals surface area contributed by atoms with Gasteiger partial charge in [-0.05, 0) is 54.9 Å². The molecule has 0 spiro atoms. The van der Waals surface area contributed by atoms with Gasteiger partial charge < -0.3 is 29.4 Å². The summed E-state index contributed by atoms with van der Waals surface area (Å²) in [4.78, 5) is 18.1. The van der Waals surface area contributed by atoms with E-state index < -0.39 is 0 Å². The first-order valence-electron chi connectivity index (χ1n) is 12.2. The number of benzene rings is 2. The molecule has 3 aromatic rings. The predicted molar refractivity (Wildman–Crippen MR) is 140 cm³/mol. The first kappa shape index (κ1) is 23.5. The van der Waals surface area contributed by atoms with Crippen LogP contribution < -0.4 is 25.1 Å². The van der Waals surface area contributed by atoms with Gasteiger partial charge in [0.2, 0.25) is 0 Å². The smallest absolute Gasteiger partial charge is 0.253 e. The fourth-order valence-corrected chi connectivity index (χ4v) is 5.07. The van der Waals surface area contributed by atoms with Crippen molar-refractivity contribution in [3.05, 3.63) is 63.9 Å². The molecule has 0 saturated heterocycles. The summed E-state index contributed by atoms with van der Waals surface area (Å²) in [5.74, 6) is 2.17. The molecule has 7 nitrogen and oxygen atoms in total. The van der Waals surface area contributed by atoms with E-state index in [-0.39, 0.29) is 5.56 Å². The van der Waals surface area contributed by atoms with E-state index in [1.165, 1.54) is 19.3 Å². The summed E-state index contributed by atoms with van der Waals surface area (Å²) >= 11 is 5.86. The third-order valence-corrected chi connectivity index (χ3v) is 7.07. The van der Waals surface area contributed by atoms with Crippen LogP contribution in [0.15, 0.2) is 47.3 Å². The van der Waals surface area contributed by atoms with Crippen LogP contribution in [0.4, 0.5) is 0 Å². The Balaban J connectivity index is 1.42. The van der Waals surface area contributed by atoms with Crippen molar-refractivity contribution in [2.75, 3.05) is 20.3 Å². The van der Waals surface area contributed by atoms with E-state index in [0.717, 1.165) is 35.1 Å². The molecule has 184 valence electrons. The summed E-state index contributed by atoms with van der Waals surface area (Å²) < 4.78 is 16.7. The zero-order chi connectivity index (χ0) is 24.2. The lowest BCUT2D eigenvalue weighted by molar-refractivity contribution is 0.172. The summed E-state index contributed by atoms with van der Waals surface area (Å²) in [6, 6.07) is 14.0. The number of aromatic amines is 1. The van der Waals surface area contributed by atoms with E-state index >= 15 is 0 Å². The van der Waals surface area contributed by atoms with E-state index in [1.54, 1.807) is 7.11 Å². The van der Waals surface area contributed by atoms with Crippen molar-refractivity contribution in [1.82, 2.24) is 15.2 Å². The Hall–Kier alpha value is -3.26. The van der Waals surface area contributed by atoms with Gasteiger partial charge in [-0.1, -0.05) is 31.4 Å². The molecule has 0 bridgehead atoms. The fourth-order valence-electron chi connectivity index (χ4n) is 4.77. The topological polar surface area (TPSA) is 75.8 Å². The van der Waals surface area contributed by atoms with Crippen molar-refractivity contribution in [1.29, 1.82) is 0 Å². The Morgan fingerprint density at radius 3 is 2.49 bits per heavy atom. The minimum absolute atomic E-state index is 0.130. The van der Waals surface area contributed by atoms with Gasteiger partial charge in [0, 0.05) is 29.6 Å². The zero-order valence-corrected chi connectivity index (χ0v) is 20.8. The average molecular weight is 494 g/mol. The number of H-pyrrole nitrogens is 1. The van der Waals surface area contributed by atoms with Gasteiger partial charge in [0.05, 0.1) is 19.2 Å². The highest BCUT2D eigenvalue weighted by molar-refractivity contribution is 7.80. The number of nitrogens with one attached hydrogen (secondary N) is 2. The normalized spacial score (nSPS) is 15.6. The fraction of sp³-hybridized carbons (Fsp3) is 0.407. The predicted octanol–water partition coefficient (Wildman–Crippen LogP) is 4.52. The zero-order valence-electron chi connectivity index (χ0n) is 20.0. The number of fused-ring (bicyclic) bond motifs is 2. The first-order chi connectivity index (χ1) is 17.1. The third kappa shape index (κ3) is 5.53. The van der Waals surface area contributed by atoms with Crippen LogP contribution in [-0.4, -0.2) is 41.4 Å². The molecule has 0 amide bonds. The van der Waals surface area contributed by atoms with E-state index in [0.29, 0.717) is 54.5 Å². The number of methoxy groups -OCH3 is 1. The number of pyridine rings is 1. The quantitative estimate of drug-likeness (QED) is 0.489. The lowest BCUT2D eigenvalue weighted by Crippen LogP contribution is -2.45. The Morgan fingerprint density at radius 2 is 1.77 bits per heavy atom. The second kappa shape index (κ2) is 10.6. The monoisotopic (exact) mass is 493 g/mol. The Morgan fingerprint density at radius 1 is 1.06 bits per heavy atom. The summed E-state index contributed by atoms with van der Waals surface area (Å²) in [6.45, 7) is 2.00. The SMILES string of the molecule is COc1ccc(CN(Cc2cc3cc4c(cc3[nH]c2=O)OCCO4)C(=S)NC2CCCCC2)cc1. The molecule has 1 aliphatic carbocycles. The molecule has 2 N–H and O–H groups in total. The minimum atomic E-state index is -0.130. The van der Waals surface area contributed by atoms with Gasteiger partial charge in [0.25, 0.3) is 5.56 Å². The van der Waals surface area contributed by atoms with Gasteiger partial charge >= 0.3 is 0 Å². The van der Waals surface area contributed by atoms with Crippen LogP contribution in [0.2, 0.25) is 0 Å². The number of hydrogen-bond donors (Lipinski definition) is 2. The maximum atomic E-state index is 13.1. The molecular weight excluding hydrogens is 462 g/mol. The third-order valence-electron chi connectivity index (χ3n) is 6.70. The molecule has 1 fully saturated rings. The number of thiocarbonyl (C=S) groups is 1. The number of rotatable bonds is 6. The van der Waals surface area contributed by atoms with Crippen LogP contribution in [0.1, 0.15) is 43.2 Å². The van der Waals surface area contributed by atoms with Crippen molar-refractivity contribution in [3.8, 4) is 17.2 Å². The van der Waals surface area contributed by atoms with E-state index in [2.05, 4.69) is 15.2 Å². The largest absolute Gasteiger partial charge is 0.497 e. The molecular formula is C27H31N3O4S. The Labute approximate surface area is 210 Å². The second-order valence-corrected chi connectivity index (χ2v) is 9.58. The molecule has 0 atom stereocenters. The molecule has 35 heavy (non-hydrogen) atoms. The van der Waals surface area contributed by atoms with Crippen LogP contribution in [0.5, 0.6) is 17.2 Å². The highest BCUT2D eigenvalue weighted by Crippen LogP contribution is 2.33. The van der Waals surface area contributed by atoms with E-state index in [1.807, 2.05) is 42.5 Å². The van der Waals surface area contributed by atoms with Crippen LogP contribution in [0, 0.1) is 0 Å². The Kier molecular flexibility index (Phi) is 7.08. The summed E-state index contributed by atoms with van der Waals surface area (Å²) in [5, 5.41) is 5.14. The lowest BCUT2D eigenvalue weighted by Gasteiger charge is -2.31. The molecule has 0 radical (unpaired) electrons. The molecule has 0 unspecified atom stereocenters. The molecule has 1 saturated carbocycles. The van der Waals surface area contributed by atoms with Crippen molar-refractivity contribution < 1.29 is 14.2 Å². The standard InChI is InChI=1S/C27H31N3O4S/c1-32-22-9-7-18(8-10-22)16-30(27(35)28-21-5-3-2-4-6-21)17-20-13-19-14-24-25(34-12-11-33-24)15-23(19)29-26(20)31/h7-10,13-15,21H,2-6,11-12,16-17H2,1H3,(H,28,35)(H,29,31). The van der Waals surface area contributed by atoms with Crippen molar-refractivity contribution in [2.45, 2.75) is 51.2 Å². The van der Waals surface area contributed by atoms with Gasteiger partial charge in [-0.3, -0.25) is 4.79 Å². The van der Waals surface area contributed by atoms with Gasteiger partial charge in [0.1, 0.15) is 19.0 Å². The average Bonchev–Trinajstić information content (AvgIpc) is 2.88. The highest BCUT2D eigenvalue weighted by Gasteiger charge is 2.20. The summed E-state index contributed by atoms with van der Waals surface area (Å²) in [6.07, 6.45) is 5.98. The maximum absolute atomic E-state index is 13.1. The second-order valence-electron chi connectivity index (χ2n) is 9.20. The van der Waals surface area contributed by atoms with Crippen LogP contribution in [-0.2, 0) is 13.1 Å². The summed E-state index contributed by atoms with van der Waals surface area (Å²) in [7, 11) is 1.66. The van der Waals surface area contributed by atoms with Gasteiger partial charge in [-0.2, -0.15) is 0 Å². The molecule has 2 heterocycles. The van der Waals surface area contributed by atoms with Crippen LogP contribution in [0.25, 0.3) is 10.9 Å².